The first-order valence-corrected chi connectivity index (χ1v) is 8.78. The monoisotopic (exact) mass is 386 g/mol. The fourth-order valence-corrected chi connectivity index (χ4v) is 3.05. The average Bonchev–Trinajstić information content (AvgIpc) is 2.97. The van der Waals surface area contributed by atoms with Crippen LogP contribution in [0.25, 0.3) is 6.08 Å². The van der Waals surface area contributed by atoms with Gasteiger partial charge in [-0.25, -0.2) is 14.2 Å². The summed E-state index contributed by atoms with van der Waals surface area (Å²) >= 11 is 1.06. The molecule has 0 aliphatic carbocycles. The molecule has 1 atom stereocenters. The van der Waals surface area contributed by atoms with Gasteiger partial charge in [-0.3, -0.25) is 4.79 Å². The summed E-state index contributed by atoms with van der Waals surface area (Å²) in [5.41, 5.74) is 0.677. The maximum absolute atomic E-state index is 13.7. The molecule has 0 saturated carbocycles. The van der Waals surface area contributed by atoms with Gasteiger partial charge in [-0.1, -0.05) is 30.3 Å². The zero-order valence-corrected chi connectivity index (χ0v) is 15.0. The minimum absolute atomic E-state index is 0.126. The van der Waals surface area contributed by atoms with E-state index in [1.54, 1.807) is 42.5 Å². The van der Waals surface area contributed by atoms with Crippen molar-refractivity contribution in [3.63, 3.8) is 0 Å². The van der Waals surface area contributed by atoms with Crippen LogP contribution in [0.4, 0.5) is 10.1 Å². The number of benzene rings is 2. The average molecular weight is 386 g/mol. The van der Waals surface area contributed by atoms with E-state index in [1.807, 2.05) is 0 Å². The van der Waals surface area contributed by atoms with E-state index in [4.69, 9.17) is 9.84 Å². The van der Waals surface area contributed by atoms with Crippen LogP contribution in [0, 0.1) is 5.82 Å². The van der Waals surface area contributed by atoms with Crippen LogP contribution < -0.4 is 10.1 Å². The fourth-order valence-electron chi connectivity index (χ4n) is 2.22. The molecule has 2 aromatic carbocycles. The van der Waals surface area contributed by atoms with Crippen molar-refractivity contribution >= 4 is 40.6 Å². The number of para-hydroxylation sites is 2. The number of aliphatic imine (C=N–C) groups is 1. The number of nitrogens with zero attached hydrogens (tertiary/aromatic N) is 1. The summed E-state index contributed by atoms with van der Waals surface area (Å²) in [6, 6.07) is 12.8. The lowest BCUT2D eigenvalue weighted by Gasteiger charge is -2.12. The van der Waals surface area contributed by atoms with Crippen LogP contribution in [0.1, 0.15) is 12.5 Å². The van der Waals surface area contributed by atoms with Crippen molar-refractivity contribution in [1.82, 2.24) is 5.32 Å². The van der Waals surface area contributed by atoms with E-state index >= 15 is 0 Å². The molecule has 1 saturated heterocycles. The van der Waals surface area contributed by atoms with Crippen molar-refractivity contribution in [2.75, 3.05) is 0 Å². The van der Waals surface area contributed by atoms with Gasteiger partial charge < -0.3 is 15.2 Å². The second-order valence-electron chi connectivity index (χ2n) is 5.57. The van der Waals surface area contributed by atoms with E-state index in [2.05, 4.69) is 10.3 Å². The minimum atomic E-state index is -1.09. The molecule has 3 rings (SSSR count). The maximum Gasteiger partial charge on any atom is 0.344 e. The molecule has 27 heavy (non-hydrogen) atoms. The summed E-state index contributed by atoms with van der Waals surface area (Å²) in [4.78, 5) is 27.7. The van der Waals surface area contributed by atoms with Crippen molar-refractivity contribution in [3.05, 3.63) is 64.8 Å². The molecule has 0 aromatic heterocycles. The van der Waals surface area contributed by atoms with Crippen molar-refractivity contribution in [3.8, 4) is 5.75 Å². The number of carbonyl (C=O) groups is 2. The molecule has 0 radical (unpaired) electrons. The zero-order chi connectivity index (χ0) is 19.4. The molecule has 1 aliphatic rings. The number of hydrogen-bond donors (Lipinski definition) is 2. The SMILES string of the molecule is CC(Oc1ccccc1/C=C1/SC(=Nc2ccccc2F)NC1=O)C(=O)O. The predicted molar refractivity (Wildman–Crippen MR) is 101 cm³/mol. The summed E-state index contributed by atoms with van der Waals surface area (Å²) in [5, 5.41) is 11.8. The van der Waals surface area contributed by atoms with Crippen LogP contribution in [-0.4, -0.2) is 28.3 Å². The Kier molecular flexibility index (Phi) is 5.56. The van der Waals surface area contributed by atoms with Crippen LogP contribution in [-0.2, 0) is 9.59 Å². The second-order valence-corrected chi connectivity index (χ2v) is 6.60. The number of nitrogens with one attached hydrogen (secondary N) is 1. The maximum atomic E-state index is 13.7. The highest BCUT2D eigenvalue weighted by molar-refractivity contribution is 8.18. The van der Waals surface area contributed by atoms with E-state index in [-0.39, 0.29) is 16.8 Å². The lowest BCUT2D eigenvalue weighted by Crippen LogP contribution is -2.23. The molecule has 1 unspecified atom stereocenters. The Morgan fingerprint density at radius 2 is 1.96 bits per heavy atom. The van der Waals surface area contributed by atoms with Crippen molar-refractivity contribution in [2.45, 2.75) is 13.0 Å². The van der Waals surface area contributed by atoms with Gasteiger partial charge in [-0.2, -0.15) is 0 Å². The van der Waals surface area contributed by atoms with Gasteiger partial charge in [0.1, 0.15) is 17.3 Å². The highest BCUT2D eigenvalue weighted by atomic mass is 32.2. The zero-order valence-electron chi connectivity index (χ0n) is 14.2. The Morgan fingerprint density at radius 1 is 1.26 bits per heavy atom. The van der Waals surface area contributed by atoms with E-state index in [9.17, 15) is 14.0 Å². The lowest BCUT2D eigenvalue weighted by molar-refractivity contribution is -0.144. The van der Waals surface area contributed by atoms with E-state index < -0.39 is 17.9 Å². The summed E-state index contributed by atoms with van der Waals surface area (Å²) in [5.74, 6) is -1.62. The van der Waals surface area contributed by atoms with Crippen molar-refractivity contribution in [2.24, 2.45) is 4.99 Å². The Balaban J connectivity index is 1.85. The first kappa shape index (κ1) is 18.7. The van der Waals surface area contributed by atoms with Gasteiger partial charge in [0.2, 0.25) is 0 Å². The molecule has 138 valence electrons. The van der Waals surface area contributed by atoms with Gasteiger partial charge in [0, 0.05) is 5.56 Å². The number of amides is 1. The Labute approximate surface area is 158 Å². The van der Waals surface area contributed by atoms with Crippen LogP contribution in [0.2, 0.25) is 0 Å². The number of ether oxygens (including phenoxy) is 1. The van der Waals surface area contributed by atoms with Crippen LogP contribution in [0.5, 0.6) is 5.75 Å². The molecule has 6 nitrogen and oxygen atoms in total. The van der Waals surface area contributed by atoms with Gasteiger partial charge in [0.15, 0.2) is 11.3 Å². The molecule has 2 N–H and O–H groups in total. The standard InChI is InChI=1S/C19H15FN2O4S/c1-11(18(24)25)26-15-9-5-2-6-12(15)10-16-17(23)22-19(27-16)21-14-8-4-3-7-13(14)20/h2-11H,1H3,(H,24,25)(H,21,22,23)/b16-10+. The van der Waals surface area contributed by atoms with E-state index in [0.29, 0.717) is 16.2 Å². The van der Waals surface area contributed by atoms with Gasteiger partial charge in [-0.05, 0) is 43.0 Å². The van der Waals surface area contributed by atoms with Crippen molar-refractivity contribution in [1.29, 1.82) is 0 Å². The Hall–Kier alpha value is -3.13. The predicted octanol–water partition coefficient (Wildman–Crippen LogP) is 3.57. The third-order valence-corrected chi connectivity index (χ3v) is 4.49. The van der Waals surface area contributed by atoms with E-state index in [1.165, 1.54) is 19.1 Å². The molecule has 8 heteroatoms. The highest BCUT2D eigenvalue weighted by Crippen LogP contribution is 2.31. The molecule has 1 heterocycles. The number of rotatable bonds is 5. The number of thioether (sulfide) groups is 1. The topological polar surface area (TPSA) is 88.0 Å². The molecule has 2 aromatic rings. The number of amidine groups is 1. The summed E-state index contributed by atoms with van der Waals surface area (Å²) in [6.45, 7) is 1.42. The van der Waals surface area contributed by atoms with Gasteiger partial charge in [0.05, 0.1) is 4.91 Å². The number of carbonyl (C=O) groups excluding carboxylic acids is 1. The van der Waals surface area contributed by atoms with Crippen LogP contribution in [0.15, 0.2) is 58.4 Å². The highest BCUT2D eigenvalue weighted by Gasteiger charge is 2.25. The number of hydrogen-bond acceptors (Lipinski definition) is 5. The number of carboxylic acid groups (broad SMARTS) is 1. The normalized spacial score (nSPS) is 17.8. The molecular formula is C19H15FN2O4S. The summed E-state index contributed by atoms with van der Waals surface area (Å²) in [7, 11) is 0. The van der Waals surface area contributed by atoms with E-state index in [0.717, 1.165) is 11.8 Å². The first-order chi connectivity index (χ1) is 12.9. The fraction of sp³-hybridized carbons (Fsp3) is 0.105. The van der Waals surface area contributed by atoms with Gasteiger partial charge in [0.25, 0.3) is 5.91 Å². The lowest BCUT2D eigenvalue weighted by atomic mass is 10.2. The Morgan fingerprint density at radius 3 is 2.70 bits per heavy atom. The second kappa shape index (κ2) is 8.05. The van der Waals surface area contributed by atoms with Gasteiger partial charge >= 0.3 is 5.97 Å². The molecular weight excluding hydrogens is 371 g/mol. The minimum Gasteiger partial charge on any atom is -0.479 e. The molecule has 1 aliphatic heterocycles. The number of halogens is 1. The number of aliphatic carboxylic acids is 1. The third kappa shape index (κ3) is 4.53. The molecule has 1 fully saturated rings. The first-order valence-electron chi connectivity index (χ1n) is 7.96. The quantitative estimate of drug-likeness (QED) is 0.767. The van der Waals surface area contributed by atoms with Gasteiger partial charge in [-0.15, -0.1) is 0 Å². The summed E-state index contributed by atoms with van der Waals surface area (Å²) < 4.78 is 19.1. The third-order valence-electron chi connectivity index (χ3n) is 3.58. The smallest absolute Gasteiger partial charge is 0.344 e. The largest absolute Gasteiger partial charge is 0.479 e. The van der Waals surface area contributed by atoms with Crippen LogP contribution >= 0.6 is 11.8 Å². The molecule has 0 bridgehead atoms. The summed E-state index contributed by atoms with van der Waals surface area (Å²) in [6.07, 6.45) is 0.543. The molecule has 0 spiro atoms. The van der Waals surface area contributed by atoms with Crippen molar-refractivity contribution < 1.29 is 23.8 Å². The van der Waals surface area contributed by atoms with Crippen LogP contribution in [0.3, 0.4) is 0 Å². The Bertz CT molecular complexity index is 958. The molecule has 1 amide bonds. The number of carboxylic acids is 1.